The number of anilines is 1. The molecule has 0 aliphatic heterocycles. The average molecular weight is 431 g/mol. The van der Waals surface area contributed by atoms with Crippen LogP contribution in [-0.2, 0) is 8.23 Å². The van der Waals surface area contributed by atoms with Gasteiger partial charge >= 0.3 is 14.6 Å². The molecule has 0 aliphatic rings. The van der Waals surface area contributed by atoms with Gasteiger partial charge in [-0.2, -0.15) is 0 Å². The zero-order chi connectivity index (χ0) is 20.9. The van der Waals surface area contributed by atoms with Gasteiger partial charge in [-0.05, 0) is 65.2 Å². The summed E-state index contributed by atoms with van der Waals surface area (Å²) in [6.07, 6.45) is 0.767. The zero-order valence-electron chi connectivity index (χ0n) is 17.8. The smallest absolute Gasteiger partial charge is 0.321 e. The molecule has 1 aromatic rings. The van der Waals surface area contributed by atoms with Gasteiger partial charge in [0.2, 0.25) is 5.95 Å². The summed E-state index contributed by atoms with van der Waals surface area (Å²) in [6, 6.07) is 1.79. The maximum Gasteiger partial charge on any atom is 0.321 e. The van der Waals surface area contributed by atoms with Gasteiger partial charge in [-0.1, -0.05) is 0 Å². The second kappa shape index (κ2) is 9.28. The lowest BCUT2D eigenvalue weighted by Gasteiger charge is -2.38. The predicted octanol–water partition coefficient (Wildman–Crippen LogP) is 3.36. The van der Waals surface area contributed by atoms with E-state index in [0.717, 1.165) is 12.5 Å². The SMILES string of the molecule is Cc1cc(=O)[nH]c(NC(=O)NCCC[Si](C)(O[Si](C)(C)C)O[Si](C)(C)C)n1. The van der Waals surface area contributed by atoms with Crippen LogP contribution >= 0.6 is 0 Å². The minimum absolute atomic E-state index is 0.140. The van der Waals surface area contributed by atoms with Crippen molar-refractivity contribution in [3.8, 4) is 0 Å². The first kappa shape index (κ1) is 23.8. The number of aromatic nitrogens is 2. The fraction of sp³-hybridized carbons (Fsp3) is 0.688. The summed E-state index contributed by atoms with van der Waals surface area (Å²) in [4.78, 5) is 30.0. The monoisotopic (exact) mass is 430 g/mol. The van der Waals surface area contributed by atoms with E-state index in [9.17, 15) is 9.59 Å². The largest absolute Gasteiger partial charge is 0.437 e. The van der Waals surface area contributed by atoms with Crippen molar-refractivity contribution >= 4 is 37.2 Å². The molecule has 1 aromatic heterocycles. The quantitative estimate of drug-likeness (QED) is 0.411. The highest BCUT2D eigenvalue weighted by Crippen LogP contribution is 2.25. The van der Waals surface area contributed by atoms with Crippen molar-refractivity contribution in [3.05, 3.63) is 22.1 Å². The zero-order valence-corrected chi connectivity index (χ0v) is 20.8. The lowest BCUT2D eigenvalue weighted by Crippen LogP contribution is -2.52. The summed E-state index contributed by atoms with van der Waals surface area (Å²) in [6.45, 7) is 17.4. The highest BCUT2D eigenvalue weighted by molar-refractivity contribution is 6.87. The maximum absolute atomic E-state index is 12.0. The third-order valence-corrected chi connectivity index (χ3v) is 12.9. The Bertz CT molecular complexity index is 682. The number of H-pyrrole nitrogens is 1. The van der Waals surface area contributed by atoms with Crippen LogP contribution in [0, 0.1) is 6.92 Å². The molecule has 154 valence electrons. The van der Waals surface area contributed by atoms with Gasteiger partial charge in [-0.15, -0.1) is 0 Å². The Kier molecular flexibility index (Phi) is 8.16. The lowest BCUT2D eigenvalue weighted by atomic mass is 10.4. The Hall–Kier alpha value is -1.28. The summed E-state index contributed by atoms with van der Waals surface area (Å²) in [5.74, 6) is 0.140. The molecule has 0 aromatic carbocycles. The Morgan fingerprint density at radius 1 is 1.11 bits per heavy atom. The van der Waals surface area contributed by atoms with Crippen molar-refractivity contribution < 1.29 is 13.0 Å². The molecular formula is C16H34N4O4Si3. The number of aryl methyl sites for hydroxylation is 1. The minimum atomic E-state index is -2.29. The number of aromatic amines is 1. The molecule has 3 N–H and O–H groups in total. The van der Waals surface area contributed by atoms with E-state index in [4.69, 9.17) is 8.23 Å². The molecule has 1 rings (SSSR count). The van der Waals surface area contributed by atoms with Crippen LogP contribution in [0.2, 0.25) is 51.9 Å². The standard InChI is InChI=1S/C16H34N4O4Si3/c1-13-12-14(21)19-15(18-13)20-16(22)17-10-9-11-27(8,23-25(2,3)4)24-26(5,6)7/h12H,9-11H2,1-8H3,(H3,17,18,19,20,21,22). The lowest BCUT2D eigenvalue weighted by molar-refractivity contribution is 0.251. The third-order valence-electron chi connectivity index (χ3n) is 3.24. The molecular weight excluding hydrogens is 396 g/mol. The summed E-state index contributed by atoms with van der Waals surface area (Å²) < 4.78 is 12.9. The van der Waals surface area contributed by atoms with Crippen LogP contribution in [0.25, 0.3) is 0 Å². The third kappa shape index (κ3) is 10.6. The number of hydrogen-bond donors (Lipinski definition) is 3. The fourth-order valence-corrected chi connectivity index (χ4v) is 15.4. The van der Waals surface area contributed by atoms with Gasteiger partial charge in [0.1, 0.15) is 0 Å². The molecule has 0 radical (unpaired) electrons. The number of urea groups is 1. The molecule has 8 nitrogen and oxygen atoms in total. The van der Waals surface area contributed by atoms with E-state index in [1.54, 1.807) is 6.92 Å². The van der Waals surface area contributed by atoms with Crippen LogP contribution < -0.4 is 16.2 Å². The molecule has 27 heavy (non-hydrogen) atoms. The van der Waals surface area contributed by atoms with Gasteiger partial charge in [0, 0.05) is 18.3 Å². The first-order valence-corrected chi connectivity index (χ1v) is 18.5. The molecule has 0 bridgehead atoms. The van der Waals surface area contributed by atoms with Crippen molar-refractivity contribution in [2.24, 2.45) is 0 Å². The molecule has 11 heteroatoms. The molecule has 0 spiro atoms. The van der Waals surface area contributed by atoms with E-state index < -0.39 is 31.2 Å². The number of amides is 2. The number of nitrogens with one attached hydrogen (secondary N) is 3. The molecule has 0 saturated carbocycles. The normalized spacial score (nSPS) is 12.7. The van der Waals surface area contributed by atoms with Crippen LogP contribution in [0.5, 0.6) is 0 Å². The molecule has 0 unspecified atom stereocenters. The first-order valence-electron chi connectivity index (χ1n) is 9.21. The number of carbonyl (C=O) groups excluding carboxylic acids is 1. The van der Waals surface area contributed by atoms with Gasteiger partial charge < -0.3 is 13.5 Å². The van der Waals surface area contributed by atoms with Crippen molar-refractivity contribution in [2.45, 2.75) is 65.2 Å². The Balaban J connectivity index is 2.55. The maximum atomic E-state index is 12.0. The Morgan fingerprint density at radius 3 is 2.15 bits per heavy atom. The van der Waals surface area contributed by atoms with Crippen LogP contribution in [0.3, 0.4) is 0 Å². The summed E-state index contributed by atoms with van der Waals surface area (Å²) >= 11 is 0. The molecule has 0 aliphatic carbocycles. The first-order chi connectivity index (χ1) is 12.2. The van der Waals surface area contributed by atoms with E-state index >= 15 is 0 Å². The summed E-state index contributed by atoms with van der Waals surface area (Å²) in [5.41, 5.74) is 0.245. The number of nitrogens with zero attached hydrogens (tertiary/aromatic N) is 1. The van der Waals surface area contributed by atoms with Crippen molar-refractivity contribution in [2.75, 3.05) is 11.9 Å². The minimum Gasteiger partial charge on any atom is -0.437 e. The van der Waals surface area contributed by atoms with Crippen LogP contribution in [0.4, 0.5) is 10.7 Å². The van der Waals surface area contributed by atoms with E-state index in [-0.39, 0.29) is 11.5 Å². The molecule has 0 saturated heterocycles. The highest BCUT2D eigenvalue weighted by atomic mass is 28.5. The highest BCUT2D eigenvalue weighted by Gasteiger charge is 2.39. The van der Waals surface area contributed by atoms with Crippen LogP contribution in [0.15, 0.2) is 10.9 Å². The second-order valence-corrected chi connectivity index (χ2v) is 21.6. The van der Waals surface area contributed by atoms with Gasteiger partial charge in [-0.25, -0.2) is 9.78 Å². The number of rotatable bonds is 9. The number of hydrogen-bond acceptors (Lipinski definition) is 5. The molecule has 2 amide bonds. The van der Waals surface area contributed by atoms with E-state index in [1.807, 2.05) is 0 Å². The van der Waals surface area contributed by atoms with Crippen LogP contribution in [0.1, 0.15) is 12.1 Å². The van der Waals surface area contributed by atoms with Gasteiger partial charge in [0.25, 0.3) is 5.56 Å². The molecule has 0 fully saturated rings. The summed E-state index contributed by atoms with van der Waals surface area (Å²) in [5, 5.41) is 5.33. The topological polar surface area (TPSA) is 105 Å². The van der Waals surface area contributed by atoms with E-state index in [2.05, 4.69) is 66.4 Å². The molecule has 0 atom stereocenters. The van der Waals surface area contributed by atoms with Gasteiger partial charge in [0.15, 0.2) is 16.6 Å². The van der Waals surface area contributed by atoms with E-state index in [0.29, 0.717) is 12.2 Å². The Morgan fingerprint density at radius 2 is 1.67 bits per heavy atom. The predicted molar refractivity (Wildman–Crippen MR) is 117 cm³/mol. The average Bonchev–Trinajstić information content (AvgIpc) is 2.38. The van der Waals surface area contributed by atoms with Crippen molar-refractivity contribution in [1.82, 2.24) is 15.3 Å². The Labute approximate surface area is 165 Å². The van der Waals surface area contributed by atoms with E-state index in [1.165, 1.54) is 6.07 Å². The van der Waals surface area contributed by atoms with Crippen molar-refractivity contribution in [3.63, 3.8) is 0 Å². The van der Waals surface area contributed by atoms with Crippen LogP contribution in [-0.4, -0.2) is 47.7 Å². The summed E-state index contributed by atoms with van der Waals surface area (Å²) in [7, 11) is -5.73. The van der Waals surface area contributed by atoms with Gasteiger partial charge in [-0.3, -0.25) is 15.1 Å². The number of carbonyl (C=O) groups is 1. The molecule has 1 heterocycles. The fourth-order valence-electron chi connectivity index (χ4n) is 2.82. The second-order valence-electron chi connectivity index (χ2n) is 8.78. The van der Waals surface area contributed by atoms with Gasteiger partial charge in [0.05, 0.1) is 0 Å². The van der Waals surface area contributed by atoms with Crippen molar-refractivity contribution in [1.29, 1.82) is 0 Å².